The van der Waals surface area contributed by atoms with Crippen LogP contribution in [0.4, 0.5) is 0 Å². The van der Waals surface area contributed by atoms with E-state index < -0.39 is 20.4 Å². The summed E-state index contributed by atoms with van der Waals surface area (Å²) in [5.74, 6) is -1.39. The Morgan fingerprint density at radius 3 is 2.00 bits per heavy atom. The van der Waals surface area contributed by atoms with Gasteiger partial charge in [0.1, 0.15) is 6.61 Å². The first-order valence-electron chi connectivity index (χ1n) is 7.27. The molecule has 0 fully saturated rings. The van der Waals surface area contributed by atoms with Crippen molar-refractivity contribution in [2.24, 2.45) is 0 Å². The lowest BCUT2D eigenvalue weighted by molar-refractivity contribution is 0.118. The van der Waals surface area contributed by atoms with Gasteiger partial charge in [-0.15, -0.1) is 0 Å². The maximum absolute atomic E-state index is 9.89. The molecule has 0 radical (unpaired) electrons. The van der Waals surface area contributed by atoms with E-state index in [1.807, 2.05) is 32.9 Å². The van der Waals surface area contributed by atoms with E-state index in [-0.39, 0.29) is 10.8 Å². The van der Waals surface area contributed by atoms with Crippen LogP contribution in [0.25, 0.3) is 0 Å². The van der Waals surface area contributed by atoms with Crippen LogP contribution in [0.3, 0.4) is 0 Å². The third kappa shape index (κ3) is 4.64. The number of aliphatic hydroxyl groups excluding tert-OH is 2. The van der Waals surface area contributed by atoms with Crippen molar-refractivity contribution < 1.29 is 24.5 Å². The number of aliphatic hydroxyl groups is 2. The highest BCUT2D eigenvalue weighted by Gasteiger charge is 2.48. The molecule has 1 atom stereocenters. The van der Waals surface area contributed by atoms with Gasteiger partial charge in [-0.1, -0.05) is 53.7 Å². The van der Waals surface area contributed by atoms with Crippen LogP contribution in [0.2, 0.25) is 0 Å². The predicted octanol–water partition coefficient (Wildman–Crippen LogP) is 2.72. The normalized spacial score (nSPS) is 14.8. The summed E-state index contributed by atoms with van der Waals surface area (Å²) in [7, 11) is -4.10. The highest BCUT2D eigenvalue weighted by molar-refractivity contribution is 7.60. The topological polar surface area (TPSA) is 90.2 Å². The van der Waals surface area contributed by atoms with Crippen molar-refractivity contribution in [3.8, 4) is 5.75 Å². The van der Waals surface area contributed by atoms with E-state index >= 15 is 0 Å². The maximum Gasteiger partial charge on any atom is 0.484 e. The third-order valence-corrected chi connectivity index (χ3v) is 4.84. The Hall–Kier alpha value is -0.710. The Morgan fingerprint density at radius 1 is 1.05 bits per heavy atom. The minimum Gasteiger partial charge on any atom is -0.389 e. The highest BCUT2D eigenvalue weighted by atomic mass is 31.2. The fraction of sp³-hybridized carbons (Fsp3) is 0.625. The van der Waals surface area contributed by atoms with Crippen LogP contribution < -0.4 is 4.52 Å². The van der Waals surface area contributed by atoms with Gasteiger partial charge >= 0.3 is 7.94 Å². The molecule has 0 aliphatic carbocycles. The predicted molar refractivity (Wildman–Crippen MR) is 88.9 cm³/mol. The van der Waals surface area contributed by atoms with E-state index in [9.17, 15) is 14.9 Å². The smallest absolute Gasteiger partial charge is 0.389 e. The first kappa shape index (κ1) is 19.3. The second-order valence-electron chi connectivity index (χ2n) is 7.55. The second kappa shape index (κ2) is 6.42. The summed E-state index contributed by atoms with van der Waals surface area (Å²) in [5.41, 5.74) is 1.60. The van der Waals surface area contributed by atoms with Crippen LogP contribution in [0, 0.1) is 0 Å². The van der Waals surface area contributed by atoms with Crippen LogP contribution in [0.15, 0.2) is 18.2 Å². The summed E-state index contributed by atoms with van der Waals surface area (Å²) in [4.78, 5) is 19.8. The lowest BCUT2D eigenvalue weighted by Gasteiger charge is -2.27. The minimum absolute atomic E-state index is 0.0478. The molecule has 0 amide bonds. The quantitative estimate of drug-likeness (QED) is 0.637. The van der Waals surface area contributed by atoms with Crippen molar-refractivity contribution in [2.45, 2.75) is 58.2 Å². The summed E-state index contributed by atoms with van der Waals surface area (Å²) < 4.78 is 5.29. The minimum atomic E-state index is -4.10. The summed E-state index contributed by atoms with van der Waals surface area (Å²) in [5, 5.41) is 18.4. The van der Waals surface area contributed by atoms with Gasteiger partial charge in [0.2, 0.25) is 0 Å². The molecular formula is C16H28O5P+. The van der Waals surface area contributed by atoms with Crippen LogP contribution in [-0.4, -0.2) is 32.5 Å². The first-order chi connectivity index (χ1) is 9.79. The monoisotopic (exact) mass is 331 g/mol. The van der Waals surface area contributed by atoms with Crippen molar-refractivity contribution in [2.75, 3.05) is 6.61 Å². The Labute approximate surface area is 133 Å². The summed E-state index contributed by atoms with van der Waals surface area (Å²) >= 11 is 0. The maximum atomic E-state index is 9.89. The summed E-state index contributed by atoms with van der Waals surface area (Å²) in [6.45, 7) is 11.5. The van der Waals surface area contributed by atoms with Gasteiger partial charge in [-0.2, -0.15) is 9.79 Å². The average molecular weight is 331 g/mol. The van der Waals surface area contributed by atoms with Gasteiger partial charge in [-0.25, -0.2) is 0 Å². The zero-order valence-electron chi connectivity index (χ0n) is 14.2. The lowest BCUT2D eigenvalue weighted by atomic mass is 9.80. The van der Waals surface area contributed by atoms with E-state index in [4.69, 9.17) is 9.63 Å². The zero-order chi connectivity index (χ0) is 17.3. The largest absolute Gasteiger partial charge is 0.484 e. The number of hydrogen-bond donors (Lipinski definition) is 4. The van der Waals surface area contributed by atoms with Gasteiger partial charge in [-0.05, 0) is 22.5 Å². The molecule has 1 aromatic carbocycles. The van der Waals surface area contributed by atoms with Crippen LogP contribution in [-0.2, 0) is 10.8 Å². The fourth-order valence-corrected chi connectivity index (χ4v) is 2.76. The van der Waals surface area contributed by atoms with Gasteiger partial charge in [0.25, 0.3) is 5.85 Å². The van der Waals surface area contributed by atoms with Gasteiger partial charge in [0.15, 0.2) is 5.75 Å². The number of hydrogen-bond acceptors (Lipinski definition) is 5. The molecule has 1 rings (SSSR count). The molecule has 0 heterocycles. The SMILES string of the molecule is CC(C)(C)c1ccc(O[P+](O)(O)C(O)CO)c(C(C)(C)C)c1. The molecule has 126 valence electrons. The van der Waals surface area contributed by atoms with Gasteiger partial charge in [-0.3, -0.25) is 4.52 Å². The Balaban J connectivity index is 3.31. The van der Waals surface area contributed by atoms with Crippen molar-refractivity contribution in [3.63, 3.8) is 0 Å². The molecule has 0 saturated carbocycles. The highest BCUT2D eigenvalue weighted by Crippen LogP contribution is 2.56. The first-order valence-corrected chi connectivity index (χ1v) is 8.95. The van der Waals surface area contributed by atoms with Gasteiger partial charge < -0.3 is 10.2 Å². The van der Waals surface area contributed by atoms with Crippen molar-refractivity contribution in [3.05, 3.63) is 29.3 Å². The van der Waals surface area contributed by atoms with Gasteiger partial charge in [0, 0.05) is 5.56 Å². The van der Waals surface area contributed by atoms with Gasteiger partial charge in [0.05, 0.1) is 0 Å². The van der Waals surface area contributed by atoms with E-state index in [1.165, 1.54) is 0 Å². The molecule has 6 heteroatoms. The number of benzene rings is 1. The molecule has 0 aliphatic heterocycles. The molecule has 4 N–H and O–H groups in total. The third-order valence-electron chi connectivity index (χ3n) is 3.44. The molecule has 0 spiro atoms. The zero-order valence-corrected chi connectivity index (χ0v) is 15.1. The Morgan fingerprint density at radius 2 is 1.59 bits per heavy atom. The Kier molecular flexibility index (Phi) is 5.64. The van der Waals surface area contributed by atoms with Crippen molar-refractivity contribution in [1.29, 1.82) is 0 Å². The molecule has 0 bridgehead atoms. The van der Waals surface area contributed by atoms with Crippen LogP contribution >= 0.6 is 7.94 Å². The standard InChI is InChI=1S/C16H28O5P/c1-15(2,3)11-7-8-13(12(9-11)16(4,5)6)21-22(19,20)14(18)10-17/h7-9,14,17-20H,10H2,1-6H3/q+1. The average Bonchev–Trinajstić information content (AvgIpc) is 2.35. The lowest BCUT2D eigenvalue weighted by Crippen LogP contribution is -2.23. The molecule has 0 saturated heterocycles. The molecule has 22 heavy (non-hydrogen) atoms. The molecular weight excluding hydrogens is 303 g/mol. The Bertz CT molecular complexity index is 514. The summed E-state index contributed by atoms with van der Waals surface area (Å²) in [6.07, 6.45) is 0. The van der Waals surface area contributed by atoms with E-state index in [0.717, 1.165) is 11.1 Å². The molecule has 0 aliphatic rings. The molecule has 1 aromatic rings. The van der Waals surface area contributed by atoms with Crippen LogP contribution in [0.1, 0.15) is 52.7 Å². The number of rotatable bonds is 4. The molecule has 5 nitrogen and oxygen atoms in total. The second-order valence-corrected chi connectivity index (χ2v) is 9.51. The van der Waals surface area contributed by atoms with E-state index in [0.29, 0.717) is 5.75 Å². The molecule has 1 unspecified atom stereocenters. The summed E-state index contributed by atoms with van der Waals surface area (Å²) in [6, 6.07) is 5.54. The van der Waals surface area contributed by atoms with Crippen LogP contribution in [0.5, 0.6) is 5.75 Å². The van der Waals surface area contributed by atoms with Crippen molar-refractivity contribution >= 4 is 7.94 Å². The van der Waals surface area contributed by atoms with E-state index in [1.54, 1.807) is 6.07 Å². The van der Waals surface area contributed by atoms with E-state index in [2.05, 4.69) is 20.8 Å². The van der Waals surface area contributed by atoms with Crippen molar-refractivity contribution in [1.82, 2.24) is 0 Å². The molecule has 0 aromatic heterocycles. The fourth-order valence-electron chi connectivity index (χ4n) is 1.97.